The summed E-state index contributed by atoms with van der Waals surface area (Å²) in [7, 11) is 1.20. The molecular weight excluding hydrogens is 539 g/mol. The van der Waals surface area contributed by atoms with Gasteiger partial charge in [0, 0.05) is 17.5 Å². The molecule has 0 bridgehead atoms. The molecule has 2 aromatic carbocycles. The number of rotatable bonds is 16. The first-order valence-electron chi connectivity index (χ1n) is 13.3. The summed E-state index contributed by atoms with van der Waals surface area (Å²) in [4.78, 5) is 30.8. The van der Waals surface area contributed by atoms with Gasteiger partial charge in [-0.3, -0.25) is 9.79 Å². The molecule has 0 aliphatic carbocycles. The van der Waals surface area contributed by atoms with Crippen molar-refractivity contribution in [2.75, 3.05) is 46.8 Å². The summed E-state index contributed by atoms with van der Waals surface area (Å²) < 4.78 is 36.1. The number of nitrogens with two attached hydrogens (primary N) is 1. The van der Waals surface area contributed by atoms with Crippen molar-refractivity contribution < 1.29 is 32.9 Å². The van der Waals surface area contributed by atoms with Gasteiger partial charge in [0.1, 0.15) is 18.3 Å². The normalized spacial score (nSPS) is 16.9. The second-order valence-corrected chi connectivity index (χ2v) is 9.56. The van der Waals surface area contributed by atoms with E-state index in [1.165, 1.54) is 7.11 Å². The van der Waals surface area contributed by atoms with Crippen LogP contribution in [-0.4, -0.2) is 64.4 Å². The fourth-order valence-electron chi connectivity index (χ4n) is 4.53. The van der Waals surface area contributed by atoms with Gasteiger partial charge < -0.3 is 24.7 Å². The van der Waals surface area contributed by atoms with E-state index in [2.05, 4.69) is 4.99 Å². The van der Waals surface area contributed by atoms with E-state index in [1.807, 2.05) is 30.3 Å². The number of ether oxygens (including phenoxy) is 4. The number of methoxy groups -OCH3 is 1. The Bertz CT molecular complexity index is 1170. The van der Waals surface area contributed by atoms with Gasteiger partial charge in [-0.15, -0.1) is 0 Å². The Labute approximate surface area is 239 Å². The highest BCUT2D eigenvalue weighted by molar-refractivity contribution is 6.31. The molecule has 1 aliphatic heterocycles. The molecule has 40 heavy (non-hydrogen) atoms. The number of hydrogen-bond acceptors (Lipinski definition) is 8. The molecule has 2 unspecified atom stereocenters. The minimum Gasteiger partial charge on any atom is -0.494 e. The molecule has 8 nitrogen and oxygen atoms in total. The topological polar surface area (TPSA) is 109 Å². The van der Waals surface area contributed by atoms with E-state index in [4.69, 9.17) is 36.3 Å². The minimum absolute atomic E-state index is 0.0719. The van der Waals surface area contributed by atoms with Crippen LogP contribution < -0.4 is 10.5 Å². The summed E-state index contributed by atoms with van der Waals surface area (Å²) in [5.41, 5.74) is 6.20. The van der Waals surface area contributed by atoms with Crippen molar-refractivity contribution >= 4 is 29.3 Å². The number of halogens is 2. The fourth-order valence-corrected chi connectivity index (χ4v) is 4.78. The Hall–Kier alpha value is -3.27. The molecule has 0 fully saturated rings. The lowest BCUT2D eigenvalue weighted by atomic mass is 9.75. The summed E-state index contributed by atoms with van der Waals surface area (Å²) in [5, 5.41) is 0.312. The number of unbranched alkanes of at least 4 members (excludes halogenated alkanes) is 3. The van der Waals surface area contributed by atoms with Crippen molar-refractivity contribution in [3.63, 3.8) is 0 Å². The average molecular weight is 575 g/mol. The second kappa shape index (κ2) is 16.7. The smallest absolute Gasteiger partial charge is 0.336 e. The maximum absolute atomic E-state index is 14.2. The summed E-state index contributed by atoms with van der Waals surface area (Å²) in [6.45, 7) is 0.0982. The zero-order valence-corrected chi connectivity index (χ0v) is 23.4. The number of esters is 2. The number of aliphatic imine (C=N–C) groups is 1. The number of alkyl halides is 1. The molecular formula is C30H36ClFN2O6. The average Bonchev–Trinajstić information content (AvgIpc) is 2.98. The Morgan fingerprint density at radius 2 is 1.68 bits per heavy atom. The van der Waals surface area contributed by atoms with Crippen LogP contribution in [0.5, 0.6) is 5.75 Å². The van der Waals surface area contributed by atoms with Gasteiger partial charge >= 0.3 is 11.9 Å². The highest BCUT2D eigenvalue weighted by atomic mass is 35.5. The van der Waals surface area contributed by atoms with Gasteiger partial charge in [-0.1, -0.05) is 48.0 Å². The van der Waals surface area contributed by atoms with E-state index >= 15 is 0 Å². The summed E-state index contributed by atoms with van der Waals surface area (Å²) in [6.07, 6.45) is 3.24. The highest BCUT2D eigenvalue weighted by Crippen LogP contribution is 2.42. The van der Waals surface area contributed by atoms with Crippen LogP contribution in [0.1, 0.15) is 37.2 Å². The number of hydrogen-bond donors (Lipinski definition) is 1. The SMILES string of the molecule is COC(=O)C1C(CF)=NC(COCCN)=C(C(=O)OCCCCCCOc2ccccc2)C1c1ccccc1Cl. The molecule has 0 amide bonds. The molecule has 10 heteroatoms. The molecule has 2 N–H and O–H groups in total. The Morgan fingerprint density at radius 3 is 2.35 bits per heavy atom. The first kappa shape index (κ1) is 31.3. The third-order valence-electron chi connectivity index (χ3n) is 6.43. The van der Waals surface area contributed by atoms with E-state index in [-0.39, 0.29) is 43.3 Å². The zero-order chi connectivity index (χ0) is 28.7. The van der Waals surface area contributed by atoms with E-state index in [9.17, 15) is 14.0 Å². The lowest BCUT2D eigenvalue weighted by Crippen LogP contribution is -2.39. The van der Waals surface area contributed by atoms with Crippen molar-refractivity contribution in [1.29, 1.82) is 0 Å². The van der Waals surface area contributed by atoms with Gasteiger partial charge in [-0.2, -0.15) is 0 Å². The molecule has 0 aromatic heterocycles. The first-order valence-corrected chi connectivity index (χ1v) is 13.7. The highest BCUT2D eigenvalue weighted by Gasteiger charge is 2.45. The van der Waals surface area contributed by atoms with E-state index in [0.29, 0.717) is 23.6 Å². The fraction of sp³-hybridized carbons (Fsp3) is 0.433. The predicted octanol–water partition coefficient (Wildman–Crippen LogP) is 5.05. The number of benzene rings is 2. The quantitative estimate of drug-likeness (QED) is 0.221. The van der Waals surface area contributed by atoms with Crippen LogP contribution in [0.25, 0.3) is 0 Å². The third kappa shape index (κ3) is 8.61. The molecule has 3 rings (SSSR count). The lowest BCUT2D eigenvalue weighted by molar-refractivity contribution is -0.144. The van der Waals surface area contributed by atoms with Crippen molar-refractivity contribution in [2.45, 2.75) is 31.6 Å². The van der Waals surface area contributed by atoms with Gasteiger partial charge in [0.2, 0.25) is 0 Å². The van der Waals surface area contributed by atoms with Gasteiger partial charge in [-0.25, -0.2) is 9.18 Å². The largest absolute Gasteiger partial charge is 0.494 e. The van der Waals surface area contributed by atoms with Crippen molar-refractivity contribution in [1.82, 2.24) is 0 Å². The number of nitrogens with zero attached hydrogens (tertiary/aromatic N) is 1. The van der Waals surface area contributed by atoms with Crippen molar-refractivity contribution in [3.8, 4) is 5.75 Å². The molecule has 2 atom stereocenters. The van der Waals surface area contributed by atoms with Crippen LogP contribution in [0.4, 0.5) is 4.39 Å². The molecule has 0 radical (unpaired) electrons. The van der Waals surface area contributed by atoms with Crippen LogP contribution >= 0.6 is 11.6 Å². The molecule has 1 aliphatic rings. The second-order valence-electron chi connectivity index (χ2n) is 9.15. The predicted molar refractivity (Wildman–Crippen MR) is 151 cm³/mol. The van der Waals surface area contributed by atoms with Crippen molar-refractivity contribution in [3.05, 3.63) is 76.5 Å². The van der Waals surface area contributed by atoms with Gasteiger partial charge in [0.15, 0.2) is 0 Å². The Morgan fingerprint density at radius 1 is 0.975 bits per heavy atom. The summed E-state index contributed by atoms with van der Waals surface area (Å²) >= 11 is 6.51. The molecule has 216 valence electrons. The minimum atomic E-state index is -1.19. The molecule has 0 saturated heterocycles. The number of carbonyl (C=O) groups excluding carboxylic acids is 2. The van der Waals surface area contributed by atoms with Gasteiger partial charge in [0.05, 0.1) is 50.5 Å². The molecule has 1 heterocycles. The lowest BCUT2D eigenvalue weighted by Gasteiger charge is -2.32. The third-order valence-corrected chi connectivity index (χ3v) is 6.77. The van der Waals surface area contributed by atoms with Crippen LogP contribution in [-0.2, 0) is 23.8 Å². The van der Waals surface area contributed by atoms with Crippen LogP contribution in [0.15, 0.2) is 70.9 Å². The number of carbonyl (C=O) groups is 2. The van der Waals surface area contributed by atoms with Crippen LogP contribution in [0.2, 0.25) is 5.02 Å². The standard InChI is InChI=1S/C30H36ClFN2O6/c1-37-29(35)27-24(19-32)34-25(20-38-18-15-33)28(26(27)22-13-7-8-14-23(22)31)30(36)40-17-10-3-2-9-16-39-21-11-5-4-6-12-21/h4-8,11-14,26-27H,2-3,9-10,15-20,33H2,1H3. The van der Waals surface area contributed by atoms with Crippen molar-refractivity contribution in [2.24, 2.45) is 16.6 Å². The molecule has 0 saturated carbocycles. The summed E-state index contributed by atoms with van der Waals surface area (Å²) in [5.74, 6) is -2.73. The monoisotopic (exact) mass is 574 g/mol. The Kier molecular flexibility index (Phi) is 13.1. The molecule has 2 aromatic rings. The van der Waals surface area contributed by atoms with E-state index < -0.39 is 30.4 Å². The van der Waals surface area contributed by atoms with Crippen LogP contribution in [0.3, 0.4) is 0 Å². The van der Waals surface area contributed by atoms with Crippen LogP contribution in [0, 0.1) is 5.92 Å². The number of para-hydroxylation sites is 1. The first-order chi connectivity index (χ1) is 19.5. The maximum Gasteiger partial charge on any atom is 0.336 e. The molecule has 0 spiro atoms. The summed E-state index contributed by atoms with van der Waals surface area (Å²) in [6, 6.07) is 16.4. The zero-order valence-electron chi connectivity index (χ0n) is 22.7. The van der Waals surface area contributed by atoms with Gasteiger partial charge in [-0.05, 0) is 49.4 Å². The van der Waals surface area contributed by atoms with E-state index in [1.54, 1.807) is 24.3 Å². The maximum atomic E-state index is 14.2. The van der Waals surface area contributed by atoms with E-state index in [0.717, 1.165) is 25.0 Å². The Balaban J connectivity index is 1.74. The van der Waals surface area contributed by atoms with Gasteiger partial charge in [0.25, 0.3) is 0 Å².